The van der Waals surface area contributed by atoms with E-state index >= 15 is 0 Å². The second kappa shape index (κ2) is 12.3. The largest absolute Gasteiger partial charge is 0.458 e. The molecule has 7 rings (SSSR count). The lowest BCUT2D eigenvalue weighted by Crippen LogP contribution is -2.48. The van der Waals surface area contributed by atoms with Crippen LogP contribution in [0.5, 0.6) is 5.75 Å². The molecule has 4 aliphatic rings. The van der Waals surface area contributed by atoms with Gasteiger partial charge in [0.05, 0.1) is 29.0 Å². The Labute approximate surface area is 268 Å². The topological polar surface area (TPSA) is 114 Å². The van der Waals surface area contributed by atoms with Gasteiger partial charge in [0.25, 0.3) is 5.56 Å². The number of esters is 1. The van der Waals surface area contributed by atoms with Crippen LogP contribution < -0.4 is 10.3 Å². The Hall–Kier alpha value is -3.18. The zero-order valence-electron chi connectivity index (χ0n) is 25.0. The molecule has 1 amide bonds. The molecule has 0 unspecified atom stereocenters. The highest BCUT2D eigenvalue weighted by molar-refractivity contribution is 5.90. The van der Waals surface area contributed by atoms with Crippen LogP contribution in [0.15, 0.2) is 29.1 Å². The molecule has 2 fully saturated rings. The molecule has 1 atom stereocenters. The summed E-state index contributed by atoms with van der Waals surface area (Å²) in [4.78, 5) is 48.1. The third kappa shape index (κ3) is 5.25. The van der Waals surface area contributed by atoms with E-state index in [4.69, 9.17) is 14.5 Å². The maximum absolute atomic E-state index is 13.5. The SMILES string of the molecule is CCc1c2c(nc3ccc(OC(=O)N4CCC(N5CCCCC5)CC4)cc13)-c1cc3c(c(=O)n1C2)COC(=O)[C@@]3(C)O.Cl.Cl. The number of benzene rings is 1. The summed E-state index contributed by atoms with van der Waals surface area (Å²) in [5, 5.41) is 11.7. The average molecular weight is 646 g/mol. The Balaban J connectivity index is 0.00000192. The van der Waals surface area contributed by atoms with Gasteiger partial charge >= 0.3 is 12.1 Å². The fraction of sp³-hybridized carbons (Fsp3) is 0.500. The van der Waals surface area contributed by atoms with Gasteiger partial charge in [-0.05, 0) is 81.9 Å². The first-order chi connectivity index (χ1) is 20.3. The van der Waals surface area contributed by atoms with Crippen LogP contribution in [0.4, 0.5) is 4.79 Å². The van der Waals surface area contributed by atoms with Crippen molar-refractivity contribution in [1.29, 1.82) is 0 Å². The van der Waals surface area contributed by atoms with Gasteiger partial charge < -0.3 is 28.9 Å². The van der Waals surface area contributed by atoms with Crippen molar-refractivity contribution in [2.75, 3.05) is 26.2 Å². The Morgan fingerprint density at radius 2 is 1.80 bits per heavy atom. The third-order valence-corrected chi connectivity index (χ3v) is 9.59. The standard InChI is InChI=1S/C32H36N4O6.2ClH/c1-3-21-22-15-20(42-31(39)35-13-9-19(10-14-35)34-11-5-4-6-12-34)7-8-26(22)33-28-23(21)17-36-27(28)16-25-24(29(36)37)18-41-30(38)32(25,2)40;;/h7-8,15-16,19,40H,3-6,9-14,17-18H2,1-2H3;2*1H/t32-;;/m0../s1. The Morgan fingerprint density at radius 3 is 2.50 bits per heavy atom. The lowest BCUT2D eigenvalue weighted by molar-refractivity contribution is -0.169. The minimum atomic E-state index is -1.91. The number of hydrogen-bond donors (Lipinski definition) is 1. The predicted octanol–water partition coefficient (Wildman–Crippen LogP) is 4.54. The maximum Gasteiger partial charge on any atom is 0.415 e. The lowest BCUT2D eigenvalue weighted by atomic mass is 9.89. The molecule has 0 bridgehead atoms. The number of aryl methyl sites for hydroxylation is 1. The van der Waals surface area contributed by atoms with E-state index in [9.17, 15) is 19.5 Å². The monoisotopic (exact) mass is 644 g/mol. The first-order valence-electron chi connectivity index (χ1n) is 15.1. The molecule has 236 valence electrons. The molecular weight excluding hydrogens is 607 g/mol. The van der Waals surface area contributed by atoms with Crippen LogP contribution in [-0.2, 0) is 34.7 Å². The van der Waals surface area contributed by atoms with E-state index in [1.54, 1.807) is 21.6 Å². The van der Waals surface area contributed by atoms with Gasteiger partial charge in [-0.25, -0.2) is 14.6 Å². The van der Waals surface area contributed by atoms with Gasteiger partial charge in [-0.3, -0.25) is 4.79 Å². The zero-order valence-corrected chi connectivity index (χ0v) is 26.6. The van der Waals surface area contributed by atoms with Gasteiger partial charge in [-0.1, -0.05) is 13.3 Å². The molecular formula is C32H38Cl2N4O6. The van der Waals surface area contributed by atoms with Gasteiger partial charge in [0.1, 0.15) is 12.4 Å². The molecule has 1 N–H and O–H groups in total. The molecule has 0 saturated carbocycles. The summed E-state index contributed by atoms with van der Waals surface area (Å²) in [7, 11) is 0. The van der Waals surface area contributed by atoms with Gasteiger partial charge in [-0.15, -0.1) is 24.8 Å². The fourth-order valence-electron chi connectivity index (χ4n) is 7.22. The molecule has 2 saturated heterocycles. The van der Waals surface area contributed by atoms with E-state index in [-0.39, 0.29) is 54.2 Å². The molecule has 0 aliphatic carbocycles. The number of piperidine rings is 2. The molecule has 4 aliphatic heterocycles. The molecule has 0 radical (unpaired) electrons. The summed E-state index contributed by atoms with van der Waals surface area (Å²) in [6.07, 6.45) is 6.16. The second-order valence-electron chi connectivity index (χ2n) is 12.1. The molecule has 0 spiro atoms. The number of carbonyl (C=O) groups excluding carboxylic acids is 2. The number of fused-ring (bicyclic) bond motifs is 5. The van der Waals surface area contributed by atoms with Crippen molar-refractivity contribution in [3.8, 4) is 17.1 Å². The van der Waals surface area contributed by atoms with Crippen molar-refractivity contribution < 1.29 is 24.2 Å². The van der Waals surface area contributed by atoms with E-state index in [0.29, 0.717) is 49.2 Å². The molecule has 44 heavy (non-hydrogen) atoms. The normalized spacial score (nSPS) is 21.4. The zero-order chi connectivity index (χ0) is 29.2. The molecule has 6 heterocycles. The molecule has 1 aromatic carbocycles. The summed E-state index contributed by atoms with van der Waals surface area (Å²) in [5.74, 6) is -0.302. The van der Waals surface area contributed by atoms with Crippen molar-refractivity contribution >= 4 is 47.8 Å². The van der Waals surface area contributed by atoms with Crippen LogP contribution >= 0.6 is 24.8 Å². The highest BCUT2D eigenvalue weighted by atomic mass is 35.5. The van der Waals surface area contributed by atoms with Crippen LogP contribution in [0.2, 0.25) is 0 Å². The van der Waals surface area contributed by atoms with E-state index in [1.165, 1.54) is 39.3 Å². The number of halogens is 2. The number of carbonyl (C=O) groups is 2. The fourth-order valence-corrected chi connectivity index (χ4v) is 7.22. The number of rotatable bonds is 3. The number of aliphatic hydroxyl groups is 1. The van der Waals surface area contributed by atoms with E-state index in [0.717, 1.165) is 34.9 Å². The van der Waals surface area contributed by atoms with Gasteiger partial charge in [-0.2, -0.15) is 0 Å². The third-order valence-electron chi connectivity index (χ3n) is 9.59. The number of pyridine rings is 2. The van der Waals surface area contributed by atoms with Gasteiger partial charge in [0.15, 0.2) is 5.60 Å². The molecule has 3 aromatic rings. The van der Waals surface area contributed by atoms with Crippen LogP contribution in [-0.4, -0.2) is 68.7 Å². The van der Waals surface area contributed by atoms with Crippen LogP contribution in [0.1, 0.15) is 68.2 Å². The van der Waals surface area contributed by atoms with Gasteiger partial charge in [0, 0.05) is 35.6 Å². The predicted molar refractivity (Wildman–Crippen MR) is 170 cm³/mol. The van der Waals surface area contributed by atoms with Crippen LogP contribution in [0, 0.1) is 0 Å². The summed E-state index contributed by atoms with van der Waals surface area (Å²) in [6, 6.07) is 7.72. The van der Waals surface area contributed by atoms with Crippen LogP contribution in [0.3, 0.4) is 0 Å². The van der Waals surface area contributed by atoms with Crippen molar-refractivity contribution in [2.24, 2.45) is 0 Å². The van der Waals surface area contributed by atoms with Crippen molar-refractivity contribution in [3.05, 3.63) is 56.9 Å². The number of ether oxygens (including phenoxy) is 2. The minimum Gasteiger partial charge on any atom is -0.458 e. The number of amides is 1. The molecule has 2 aromatic heterocycles. The van der Waals surface area contributed by atoms with Gasteiger partial charge in [0.2, 0.25) is 0 Å². The number of likely N-dealkylation sites (tertiary alicyclic amines) is 2. The summed E-state index contributed by atoms with van der Waals surface area (Å²) < 4.78 is 12.6. The highest BCUT2D eigenvalue weighted by Gasteiger charge is 2.43. The Kier molecular flexibility index (Phi) is 9.01. The highest BCUT2D eigenvalue weighted by Crippen LogP contribution is 2.40. The number of aromatic nitrogens is 2. The first kappa shape index (κ1) is 32.2. The maximum atomic E-state index is 13.5. The average Bonchev–Trinajstić information content (AvgIpc) is 3.37. The Morgan fingerprint density at radius 1 is 1.07 bits per heavy atom. The number of nitrogens with zero attached hydrogens (tertiary/aromatic N) is 4. The van der Waals surface area contributed by atoms with Crippen molar-refractivity contribution in [3.63, 3.8) is 0 Å². The Bertz CT molecular complexity index is 1680. The smallest absolute Gasteiger partial charge is 0.415 e. The minimum absolute atomic E-state index is 0. The second-order valence-corrected chi connectivity index (χ2v) is 12.1. The van der Waals surface area contributed by atoms with Crippen LogP contribution in [0.25, 0.3) is 22.3 Å². The molecule has 10 nitrogen and oxygen atoms in total. The summed E-state index contributed by atoms with van der Waals surface area (Å²) in [5.41, 5.74) is 2.25. The quantitative estimate of drug-likeness (QED) is 0.323. The summed E-state index contributed by atoms with van der Waals surface area (Å²) >= 11 is 0. The van der Waals surface area contributed by atoms with Crippen molar-refractivity contribution in [1.82, 2.24) is 19.4 Å². The van der Waals surface area contributed by atoms with E-state index < -0.39 is 11.6 Å². The van der Waals surface area contributed by atoms with E-state index in [1.807, 2.05) is 19.1 Å². The number of cyclic esters (lactones) is 1. The molecule has 12 heteroatoms. The number of hydrogen-bond acceptors (Lipinski definition) is 8. The lowest BCUT2D eigenvalue weighted by Gasteiger charge is -2.39. The van der Waals surface area contributed by atoms with Crippen molar-refractivity contribution in [2.45, 2.75) is 77.2 Å². The summed E-state index contributed by atoms with van der Waals surface area (Å²) in [6.45, 7) is 7.29. The van der Waals surface area contributed by atoms with E-state index in [2.05, 4.69) is 4.90 Å². The first-order valence-corrected chi connectivity index (χ1v) is 15.1.